The third kappa shape index (κ3) is 2.44. The minimum Gasteiger partial charge on any atom is -0.366 e. The largest absolute Gasteiger partial charge is 0.366 e. The molecule has 1 fully saturated rings. The van der Waals surface area contributed by atoms with Crippen molar-refractivity contribution in [2.24, 2.45) is 0 Å². The molecule has 4 rings (SSSR count). The molecule has 0 spiro atoms. The van der Waals surface area contributed by atoms with Crippen molar-refractivity contribution >= 4 is 16.8 Å². The highest BCUT2D eigenvalue weighted by Gasteiger charge is 2.29. The Balaban J connectivity index is 1.60. The smallest absolute Gasteiger partial charge is 0.256 e. The predicted molar refractivity (Wildman–Crippen MR) is 86.4 cm³/mol. The average molecular weight is 326 g/mol. The topological polar surface area (TPSA) is 88.9 Å². The van der Waals surface area contributed by atoms with E-state index in [0.29, 0.717) is 25.3 Å². The molecule has 2 aromatic heterocycles. The van der Waals surface area contributed by atoms with Crippen molar-refractivity contribution in [3.63, 3.8) is 0 Å². The fourth-order valence-electron chi connectivity index (χ4n) is 3.06. The Bertz CT molecular complexity index is 870. The number of H-pyrrole nitrogens is 1. The summed E-state index contributed by atoms with van der Waals surface area (Å²) in [5, 5.41) is 16.0. The molecule has 0 saturated carbocycles. The molecule has 1 aromatic carbocycles. The minimum absolute atomic E-state index is 0.0271. The van der Waals surface area contributed by atoms with Gasteiger partial charge in [0.2, 0.25) is 0 Å². The maximum absolute atomic E-state index is 13.0. The van der Waals surface area contributed by atoms with Gasteiger partial charge >= 0.3 is 0 Å². The quantitative estimate of drug-likeness (QED) is 0.785. The van der Waals surface area contributed by atoms with Gasteiger partial charge in [0, 0.05) is 18.5 Å². The average Bonchev–Trinajstić information content (AvgIpc) is 3.29. The number of nitrogens with zero attached hydrogens (tertiary/aromatic N) is 5. The highest BCUT2D eigenvalue weighted by Crippen LogP contribution is 2.23. The van der Waals surface area contributed by atoms with E-state index in [2.05, 4.69) is 20.4 Å². The monoisotopic (exact) mass is 326 g/mol. The van der Waals surface area contributed by atoms with Crippen molar-refractivity contribution in [3.8, 4) is 0 Å². The Kier molecular flexibility index (Phi) is 3.73. The third-order valence-corrected chi connectivity index (χ3v) is 4.33. The number of hydrogen-bond donors (Lipinski definition) is 1. The molecule has 8 heteroatoms. The molecule has 1 aliphatic heterocycles. The molecule has 1 amide bonds. The number of amides is 1. The lowest BCUT2D eigenvalue weighted by Crippen LogP contribution is -2.43. The Hall–Kier alpha value is -2.74. The normalized spacial score (nSPS) is 18.2. The van der Waals surface area contributed by atoms with E-state index in [4.69, 9.17) is 4.74 Å². The van der Waals surface area contributed by atoms with Crippen molar-refractivity contribution in [1.29, 1.82) is 0 Å². The lowest BCUT2D eigenvalue weighted by atomic mass is 10.1. The van der Waals surface area contributed by atoms with Crippen molar-refractivity contribution in [3.05, 3.63) is 42.1 Å². The zero-order valence-electron chi connectivity index (χ0n) is 13.3. The van der Waals surface area contributed by atoms with Crippen LogP contribution >= 0.6 is 0 Å². The van der Waals surface area contributed by atoms with Gasteiger partial charge in [0.25, 0.3) is 5.91 Å². The fourth-order valence-corrected chi connectivity index (χ4v) is 3.06. The molecule has 8 nitrogen and oxygen atoms in total. The SMILES string of the molecule is CCn1cnnc1C1CN(C(=O)c2cccc3cn[nH]c23)CCO1. The van der Waals surface area contributed by atoms with Gasteiger partial charge in [-0.1, -0.05) is 12.1 Å². The molecular formula is C16H18N6O2. The fraction of sp³-hybridized carbons (Fsp3) is 0.375. The van der Waals surface area contributed by atoms with Crippen LogP contribution in [0.4, 0.5) is 0 Å². The second-order valence-electron chi connectivity index (χ2n) is 5.73. The van der Waals surface area contributed by atoms with E-state index in [0.717, 1.165) is 23.3 Å². The van der Waals surface area contributed by atoms with Crippen LogP contribution in [0, 0.1) is 0 Å². The Labute approximate surface area is 138 Å². The summed E-state index contributed by atoms with van der Waals surface area (Å²) in [6.07, 6.45) is 3.15. The third-order valence-electron chi connectivity index (χ3n) is 4.33. The number of aryl methyl sites for hydroxylation is 1. The van der Waals surface area contributed by atoms with Gasteiger partial charge in [-0.15, -0.1) is 10.2 Å². The van der Waals surface area contributed by atoms with E-state index in [1.165, 1.54) is 0 Å². The van der Waals surface area contributed by atoms with Crippen LogP contribution in [0.5, 0.6) is 0 Å². The van der Waals surface area contributed by atoms with Crippen LogP contribution in [0.3, 0.4) is 0 Å². The summed E-state index contributed by atoms with van der Waals surface area (Å²) in [5.41, 5.74) is 1.39. The maximum Gasteiger partial charge on any atom is 0.256 e. The van der Waals surface area contributed by atoms with Gasteiger partial charge in [0.1, 0.15) is 12.4 Å². The second-order valence-corrected chi connectivity index (χ2v) is 5.73. The molecule has 1 aliphatic rings. The van der Waals surface area contributed by atoms with Crippen LogP contribution in [-0.2, 0) is 11.3 Å². The lowest BCUT2D eigenvalue weighted by molar-refractivity contribution is -0.0283. The molecule has 124 valence electrons. The number of para-hydroxylation sites is 1. The summed E-state index contributed by atoms with van der Waals surface area (Å²) < 4.78 is 7.75. The molecule has 1 atom stereocenters. The molecule has 0 bridgehead atoms. The number of rotatable bonds is 3. The van der Waals surface area contributed by atoms with Crippen LogP contribution in [-0.4, -0.2) is 55.5 Å². The summed E-state index contributed by atoms with van der Waals surface area (Å²) in [4.78, 5) is 14.8. The molecule has 24 heavy (non-hydrogen) atoms. The van der Waals surface area contributed by atoms with Crippen molar-refractivity contribution in [2.75, 3.05) is 19.7 Å². The van der Waals surface area contributed by atoms with Crippen LogP contribution in [0.15, 0.2) is 30.7 Å². The number of aromatic amines is 1. The van der Waals surface area contributed by atoms with Gasteiger partial charge in [-0.2, -0.15) is 5.10 Å². The number of fused-ring (bicyclic) bond motifs is 1. The molecule has 3 heterocycles. The van der Waals surface area contributed by atoms with Gasteiger partial charge in [-0.3, -0.25) is 9.89 Å². The Morgan fingerprint density at radius 2 is 2.38 bits per heavy atom. The first-order chi connectivity index (χ1) is 11.8. The van der Waals surface area contributed by atoms with Crippen molar-refractivity contribution in [1.82, 2.24) is 29.9 Å². The predicted octanol–water partition coefficient (Wildman–Crippen LogP) is 1.39. The van der Waals surface area contributed by atoms with E-state index < -0.39 is 0 Å². The summed E-state index contributed by atoms with van der Waals surface area (Å²) in [7, 11) is 0. The van der Waals surface area contributed by atoms with E-state index in [1.807, 2.05) is 29.7 Å². The zero-order chi connectivity index (χ0) is 16.5. The lowest BCUT2D eigenvalue weighted by Gasteiger charge is -2.32. The highest BCUT2D eigenvalue weighted by atomic mass is 16.5. The molecule has 1 N–H and O–H groups in total. The van der Waals surface area contributed by atoms with Crippen molar-refractivity contribution in [2.45, 2.75) is 19.6 Å². The molecule has 3 aromatic rings. The Morgan fingerprint density at radius 3 is 3.25 bits per heavy atom. The summed E-state index contributed by atoms with van der Waals surface area (Å²) in [6.45, 7) is 4.29. The van der Waals surface area contributed by atoms with E-state index in [1.54, 1.807) is 17.4 Å². The Morgan fingerprint density at radius 1 is 1.46 bits per heavy atom. The number of aromatic nitrogens is 5. The number of benzene rings is 1. The number of nitrogens with one attached hydrogen (secondary N) is 1. The summed E-state index contributed by atoms with van der Waals surface area (Å²) >= 11 is 0. The number of ether oxygens (including phenoxy) is 1. The summed E-state index contributed by atoms with van der Waals surface area (Å²) in [6, 6.07) is 5.63. The molecule has 1 unspecified atom stereocenters. The minimum atomic E-state index is -0.258. The number of carbonyl (C=O) groups is 1. The van der Waals surface area contributed by atoms with Gasteiger partial charge in [0.15, 0.2) is 5.82 Å². The molecule has 0 radical (unpaired) electrons. The molecule has 0 aliphatic carbocycles. The van der Waals surface area contributed by atoms with E-state index in [-0.39, 0.29) is 12.0 Å². The number of hydrogen-bond acceptors (Lipinski definition) is 5. The van der Waals surface area contributed by atoms with Crippen LogP contribution in [0.1, 0.15) is 29.2 Å². The van der Waals surface area contributed by atoms with Gasteiger partial charge in [0.05, 0.1) is 30.4 Å². The molecule has 1 saturated heterocycles. The first kappa shape index (κ1) is 14.8. The van der Waals surface area contributed by atoms with Gasteiger partial charge < -0.3 is 14.2 Å². The first-order valence-corrected chi connectivity index (χ1v) is 7.98. The number of carbonyl (C=O) groups excluding carboxylic acids is 1. The van der Waals surface area contributed by atoms with Crippen LogP contribution < -0.4 is 0 Å². The van der Waals surface area contributed by atoms with Gasteiger partial charge in [-0.05, 0) is 13.0 Å². The van der Waals surface area contributed by atoms with Gasteiger partial charge in [-0.25, -0.2) is 0 Å². The first-order valence-electron chi connectivity index (χ1n) is 7.98. The van der Waals surface area contributed by atoms with Crippen LogP contribution in [0.25, 0.3) is 10.9 Å². The van der Waals surface area contributed by atoms with E-state index in [9.17, 15) is 4.79 Å². The second kappa shape index (κ2) is 6.04. The van der Waals surface area contributed by atoms with E-state index >= 15 is 0 Å². The van der Waals surface area contributed by atoms with Crippen molar-refractivity contribution < 1.29 is 9.53 Å². The molecular weight excluding hydrogens is 308 g/mol. The zero-order valence-corrected chi connectivity index (χ0v) is 13.3. The summed E-state index contributed by atoms with van der Waals surface area (Å²) in [5.74, 6) is 0.732. The number of morpholine rings is 1. The highest BCUT2D eigenvalue weighted by molar-refractivity contribution is 6.05. The van der Waals surface area contributed by atoms with Crippen LogP contribution in [0.2, 0.25) is 0 Å². The standard InChI is InChI=1S/C16H18N6O2/c1-2-21-10-18-20-15(21)13-9-22(6-7-24-13)16(23)12-5-3-4-11-8-17-19-14(11)12/h3-5,8,10,13H,2,6-7,9H2,1H3,(H,17,19). The maximum atomic E-state index is 13.0.